The topological polar surface area (TPSA) is 59.2 Å². The van der Waals surface area contributed by atoms with Crippen molar-refractivity contribution in [2.45, 2.75) is 18.9 Å². The van der Waals surface area contributed by atoms with Crippen LogP contribution in [0.2, 0.25) is 0 Å². The summed E-state index contributed by atoms with van der Waals surface area (Å²) in [6, 6.07) is 0.949. The van der Waals surface area contributed by atoms with Gasteiger partial charge in [0.2, 0.25) is 0 Å². The molecule has 1 unspecified atom stereocenters. The molecule has 2 heterocycles. The standard InChI is InChI=1S/C11H12FN3OS/c12-8-4-7(5-14-6-8)11(16)15-3-1-2-9(15)10(13)17/h4-6,9H,1-3H2,(H2,13,17). The number of nitrogens with zero attached hydrogens (tertiary/aromatic N) is 2. The third kappa shape index (κ3) is 2.41. The molecule has 90 valence electrons. The normalized spacial score (nSPS) is 19.4. The van der Waals surface area contributed by atoms with E-state index in [1.807, 2.05) is 0 Å². The number of pyridine rings is 1. The summed E-state index contributed by atoms with van der Waals surface area (Å²) < 4.78 is 13.0. The average Bonchev–Trinajstić information content (AvgIpc) is 2.77. The largest absolute Gasteiger partial charge is 0.392 e. The fourth-order valence-electron chi connectivity index (χ4n) is 2.00. The van der Waals surface area contributed by atoms with Gasteiger partial charge in [-0.3, -0.25) is 9.78 Å². The first-order valence-corrected chi connectivity index (χ1v) is 5.71. The molecule has 0 radical (unpaired) electrons. The SMILES string of the molecule is NC(=S)C1CCCN1C(=O)c1cncc(F)c1. The Kier molecular flexibility index (Phi) is 3.33. The molecule has 1 aliphatic heterocycles. The van der Waals surface area contributed by atoms with Gasteiger partial charge in [-0.05, 0) is 18.9 Å². The Hall–Kier alpha value is -1.56. The maximum Gasteiger partial charge on any atom is 0.256 e. The first-order chi connectivity index (χ1) is 8.09. The minimum absolute atomic E-state index is 0.222. The van der Waals surface area contributed by atoms with Gasteiger partial charge in [0.25, 0.3) is 5.91 Å². The highest BCUT2D eigenvalue weighted by atomic mass is 32.1. The van der Waals surface area contributed by atoms with Crippen molar-refractivity contribution in [1.29, 1.82) is 0 Å². The van der Waals surface area contributed by atoms with Crippen LogP contribution >= 0.6 is 12.2 Å². The molecule has 1 saturated heterocycles. The van der Waals surface area contributed by atoms with Crippen molar-refractivity contribution < 1.29 is 9.18 Å². The van der Waals surface area contributed by atoms with Gasteiger partial charge >= 0.3 is 0 Å². The molecule has 1 atom stereocenters. The second-order valence-electron chi connectivity index (χ2n) is 3.95. The molecule has 6 heteroatoms. The van der Waals surface area contributed by atoms with E-state index in [0.717, 1.165) is 19.0 Å². The molecule has 17 heavy (non-hydrogen) atoms. The van der Waals surface area contributed by atoms with Gasteiger partial charge in [-0.15, -0.1) is 0 Å². The highest BCUT2D eigenvalue weighted by molar-refractivity contribution is 7.80. The minimum atomic E-state index is -0.526. The van der Waals surface area contributed by atoms with Gasteiger partial charge in [-0.2, -0.15) is 0 Å². The maximum atomic E-state index is 13.0. The van der Waals surface area contributed by atoms with Crippen LogP contribution in [-0.4, -0.2) is 33.4 Å². The molecule has 0 bridgehead atoms. The van der Waals surface area contributed by atoms with Crippen molar-refractivity contribution in [2.75, 3.05) is 6.54 Å². The van der Waals surface area contributed by atoms with Crippen LogP contribution in [0.3, 0.4) is 0 Å². The second kappa shape index (κ2) is 4.75. The van der Waals surface area contributed by atoms with E-state index in [1.54, 1.807) is 4.90 Å². The van der Waals surface area contributed by atoms with Crippen LogP contribution in [0.4, 0.5) is 4.39 Å². The van der Waals surface area contributed by atoms with Crippen LogP contribution < -0.4 is 5.73 Å². The van der Waals surface area contributed by atoms with E-state index < -0.39 is 5.82 Å². The molecule has 1 amide bonds. The number of carbonyl (C=O) groups excluding carboxylic acids is 1. The summed E-state index contributed by atoms with van der Waals surface area (Å²) in [7, 11) is 0. The lowest BCUT2D eigenvalue weighted by Crippen LogP contribution is -2.42. The number of aromatic nitrogens is 1. The Morgan fingerprint density at radius 2 is 2.35 bits per heavy atom. The predicted molar refractivity (Wildman–Crippen MR) is 65.0 cm³/mol. The van der Waals surface area contributed by atoms with E-state index in [0.29, 0.717) is 11.5 Å². The van der Waals surface area contributed by atoms with E-state index in [9.17, 15) is 9.18 Å². The van der Waals surface area contributed by atoms with Crippen LogP contribution in [0.15, 0.2) is 18.5 Å². The fraction of sp³-hybridized carbons (Fsp3) is 0.364. The number of nitrogens with two attached hydrogens (primary N) is 1. The highest BCUT2D eigenvalue weighted by Gasteiger charge is 2.31. The number of amides is 1. The molecule has 2 N–H and O–H groups in total. The number of hydrogen-bond acceptors (Lipinski definition) is 3. The lowest BCUT2D eigenvalue weighted by Gasteiger charge is -2.23. The zero-order valence-electron chi connectivity index (χ0n) is 9.10. The molecule has 1 aromatic rings. The van der Waals surface area contributed by atoms with Gasteiger partial charge < -0.3 is 10.6 Å². The molecule has 4 nitrogen and oxygen atoms in total. The number of halogens is 1. The quantitative estimate of drug-likeness (QED) is 0.802. The summed E-state index contributed by atoms with van der Waals surface area (Å²) in [6.45, 7) is 0.595. The zero-order chi connectivity index (χ0) is 12.4. The lowest BCUT2D eigenvalue weighted by molar-refractivity contribution is 0.0769. The Morgan fingerprint density at radius 1 is 1.59 bits per heavy atom. The summed E-state index contributed by atoms with van der Waals surface area (Å²) in [5, 5.41) is 0. The van der Waals surface area contributed by atoms with Gasteiger partial charge in [0, 0.05) is 12.7 Å². The van der Waals surface area contributed by atoms with Gasteiger partial charge in [0.1, 0.15) is 5.82 Å². The van der Waals surface area contributed by atoms with Crippen molar-refractivity contribution in [3.05, 3.63) is 29.8 Å². The predicted octanol–water partition coefficient (Wildman–Crippen LogP) is 1.11. The lowest BCUT2D eigenvalue weighted by atomic mass is 10.2. The molecule has 0 spiro atoms. The molecule has 0 aliphatic carbocycles. The van der Waals surface area contributed by atoms with Crippen molar-refractivity contribution in [1.82, 2.24) is 9.88 Å². The second-order valence-corrected chi connectivity index (χ2v) is 4.42. The number of likely N-dealkylation sites (tertiary alicyclic amines) is 1. The Bertz CT molecular complexity index is 466. The number of carbonyl (C=O) groups is 1. The zero-order valence-corrected chi connectivity index (χ0v) is 9.91. The number of thiocarbonyl (C=S) groups is 1. The van der Waals surface area contributed by atoms with E-state index in [2.05, 4.69) is 4.98 Å². The van der Waals surface area contributed by atoms with Gasteiger partial charge in [-0.1, -0.05) is 12.2 Å². The average molecular weight is 253 g/mol. The molecular weight excluding hydrogens is 241 g/mol. The van der Waals surface area contributed by atoms with Crippen molar-refractivity contribution in [2.24, 2.45) is 5.73 Å². The highest BCUT2D eigenvalue weighted by Crippen LogP contribution is 2.20. The maximum absolute atomic E-state index is 13.0. The molecule has 1 aromatic heterocycles. The van der Waals surface area contributed by atoms with Crippen molar-refractivity contribution in [3.63, 3.8) is 0 Å². The number of rotatable bonds is 2. The van der Waals surface area contributed by atoms with Crippen LogP contribution in [0.5, 0.6) is 0 Å². The Labute approximate surface area is 104 Å². The molecule has 2 rings (SSSR count). The molecule has 1 fully saturated rings. The van der Waals surface area contributed by atoms with Crippen LogP contribution in [0.25, 0.3) is 0 Å². The van der Waals surface area contributed by atoms with Crippen LogP contribution in [0.1, 0.15) is 23.2 Å². The smallest absolute Gasteiger partial charge is 0.256 e. The molecule has 0 aromatic carbocycles. The van der Waals surface area contributed by atoms with E-state index >= 15 is 0 Å². The molecule has 0 saturated carbocycles. The van der Waals surface area contributed by atoms with Crippen molar-refractivity contribution >= 4 is 23.1 Å². The number of hydrogen-bond donors (Lipinski definition) is 1. The van der Waals surface area contributed by atoms with Crippen molar-refractivity contribution in [3.8, 4) is 0 Å². The fourth-order valence-corrected chi connectivity index (χ4v) is 2.25. The molecular formula is C11H12FN3OS. The molecule has 1 aliphatic rings. The van der Waals surface area contributed by atoms with Gasteiger partial charge in [0.15, 0.2) is 0 Å². The minimum Gasteiger partial charge on any atom is -0.392 e. The first kappa shape index (κ1) is 11.9. The summed E-state index contributed by atoms with van der Waals surface area (Å²) in [5.41, 5.74) is 5.81. The first-order valence-electron chi connectivity index (χ1n) is 5.30. The summed E-state index contributed by atoms with van der Waals surface area (Å²) in [4.78, 5) is 17.7. The van der Waals surface area contributed by atoms with E-state index in [-0.39, 0.29) is 17.5 Å². The summed E-state index contributed by atoms with van der Waals surface area (Å²) in [5.74, 6) is -0.797. The summed E-state index contributed by atoms with van der Waals surface area (Å²) in [6.07, 6.45) is 4.03. The Morgan fingerprint density at radius 3 is 3.00 bits per heavy atom. The van der Waals surface area contributed by atoms with Crippen LogP contribution in [-0.2, 0) is 0 Å². The van der Waals surface area contributed by atoms with Gasteiger partial charge in [-0.25, -0.2) is 4.39 Å². The van der Waals surface area contributed by atoms with Gasteiger partial charge in [0.05, 0.1) is 22.8 Å². The van der Waals surface area contributed by atoms with Crippen LogP contribution in [0, 0.1) is 5.82 Å². The Balaban J connectivity index is 2.23. The van der Waals surface area contributed by atoms with E-state index in [1.165, 1.54) is 12.3 Å². The third-order valence-corrected chi connectivity index (χ3v) is 3.07. The monoisotopic (exact) mass is 253 g/mol. The summed E-state index contributed by atoms with van der Waals surface area (Å²) >= 11 is 4.92. The van der Waals surface area contributed by atoms with E-state index in [4.69, 9.17) is 18.0 Å². The third-order valence-electron chi connectivity index (χ3n) is 2.79.